The summed E-state index contributed by atoms with van der Waals surface area (Å²) in [4.78, 5) is 16.1. The van der Waals surface area contributed by atoms with Gasteiger partial charge in [-0.25, -0.2) is 4.39 Å². The summed E-state index contributed by atoms with van der Waals surface area (Å²) in [6.07, 6.45) is 4.98. The molecule has 2 N–H and O–H groups in total. The molecule has 0 aliphatic heterocycles. The van der Waals surface area contributed by atoms with Crippen LogP contribution < -0.4 is 5.32 Å². The molecule has 124 valence electrons. The van der Waals surface area contributed by atoms with Crippen LogP contribution in [0.2, 0.25) is 5.02 Å². The van der Waals surface area contributed by atoms with Crippen molar-refractivity contribution in [2.24, 2.45) is 0 Å². The molecule has 1 amide bonds. The number of halogens is 2. The highest BCUT2D eigenvalue weighted by Gasteiger charge is 2.10. The number of anilines is 1. The molecule has 3 aromatic rings. The number of carbonyl (C=O) groups excluding carboxylic acids is 1. The van der Waals surface area contributed by atoms with Crippen LogP contribution in [0.5, 0.6) is 0 Å². The number of benzene rings is 1. The van der Waals surface area contributed by atoms with Crippen molar-refractivity contribution in [3.05, 3.63) is 53.6 Å². The molecule has 0 fully saturated rings. The minimum Gasteiger partial charge on any atom is -0.354 e. The van der Waals surface area contributed by atoms with Crippen LogP contribution in [0.3, 0.4) is 0 Å². The van der Waals surface area contributed by atoms with E-state index in [1.807, 2.05) is 29.1 Å². The van der Waals surface area contributed by atoms with Gasteiger partial charge in [-0.1, -0.05) is 11.6 Å². The van der Waals surface area contributed by atoms with Crippen molar-refractivity contribution >= 4 is 23.5 Å². The molecule has 2 aromatic heterocycles. The number of H-pyrrole nitrogens is 1. The van der Waals surface area contributed by atoms with Crippen molar-refractivity contribution in [3.8, 4) is 11.4 Å². The normalized spacial score (nSPS) is 10.8. The Morgan fingerprint density at radius 3 is 2.88 bits per heavy atom. The molecule has 0 radical (unpaired) electrons. The van der Waals surface area contributed by atoms with E-state index >= 15 is 0 Å². The summed E-state index contributed by atoms with van der Waals surface area (Å²) in [5.74, 6) is -0.0862. The van der Waals surface area contributed by atoms with E-state index in [0.29, 0.717) is 24.2 Å². The first kappa shape index (κ1) is 16.2. The Morgan fingerprint density at radius 2 is 2.12 bits per heavy atom. The van der Waals surface area contributed by atoms with Crippen molar-refractivity contribution in [3.63, 3.8) is 0 Å². The third kappa shape index (κ3) is 3.99. The van der Waals surface area contributed by atoms with Crippen molar-refractivity contribution in [1.82, 2.24) is 19.7 Å². The molecule has 0 aliphatic rings. The lowest BCUT2D eigenvalue weighted by atomic mass is 10.2. The van der Waals surface area contributed by atoms with Gasteiger partial charge in [0, 0.05) is 30.9 Å². The van der Waals surface area contributed by atoms with Crippen LogP contribution in [0.25, 0.3) is 11.4 Å². The number of hydrogen-bond donors (Lipinski definition) is 2. The maximum absolute atomic E-state index is 13.2. The maximum atomic E-state index is 13.2. The van der Waals surface area contributed by atoms with Gasteiger partial charge in [0.1, 0.15) is 5.82 Å². The van der Waals surface area contributed by atoms with Crippen LogP contribution >= 0.6 is 11.6 Å². The second kappa shape index (κ2) is 7.27. The summed E-state index contributed by atoms with van der Waals surface area (Å²) in [6, 6.07) is 8.11. The Hall–Kier alpha value is -2.67. The van der Waals surface area contributed by atoms with Gasteiger partial charge >= 0.3 is 0 Å². The lowest BCUT2D eigenvalue weighted by Crippen LogP contribution is -2.13. The molecule has 8 heteroatoms. The molecule has 0 saturated heterocycles. The fourth-order valence-corrected chi connectivity index (χ4v) is 2.40. The lowest BCUT2D eigenvalue weighted by Gasteiger charge is -2.02. The summed E-state index contributed by atoms with van der Waals surface area (Å²) in [5, 5.41) is 9.25. The zero-order valence-electron chi connectivity index (χ0n) is 12.7. The smallest absolute Gasteiger partial charge is 0.249 e. The molecule has 0 atom stereocenters. The molecule has 0 spiro atoms. The summed E-state index contributed by atoms with van der Waals surface area (Å²) >= 11 is 5.75. The molecule has 2 heterocycles. The Balaban J connectivity index is 1.55. The first-order valence-electron chi connectivity index (χ1n) is 7.40. The number of hydrogen-bond acceptors (Lipinski definition) is 3. The first-order valence-corrected chi connectivity index (χ1v) is 7.78. The van der Waals surface area contributed by atoms with E-state index in [2.05, 4.69) is 20.5 Å². The molecular weight excluding hydrogens is 333 g/mol. The number of aromatic amines is 1. The second-order valence-corrected chi connectivity index (χ2v) is 5.62. The molecular formula is C16H15ClFN5O. The predicted molar refractivity (Wildman–Crippen MR) is 89.1 cm³/mol. The van der Waals surface area contributed by atoms with E-state index in [1.165, 1.54) is 18.2 Å². The number of rotatable bonds is 6. The highest BCUT2D eigenvalue weighted by Crippen LogP contribution is 2.22. The average molecular weight is 348 g/mol. The molecule has 0 unspecified atom stereocenters. The number of amides is 1. The second-order valence-electron chi connectivity index (χ2n) is 5.21. The molecule has 1 aromatic carbocycles. The summed E-state index contributed by atoms with van der Waals surface area (Å²) in [6.45, 7) is 0.772. The summed E-state index contributed by atoms with van der Waals surface area (Å²) < 4.78 is 15.2. The van der Waals surface area contributed by atoms with Crippen molar-refractivity contribution < 1.29 is 9.18 Å². The fraction of sp³-hybridized carbons (Fsp3) is 0.188. The van der Waals surface area contributed by atoms with E-state index < -0.39 is 5.82 Å². The van der Waals surface area contributed by atoms with E-state index in [9.17, 15) is 9.18 Å². The number of nitrogens with one attached hydrogen (secondary N) is 2. The van der Waals surface area contributed by atoms with Gasteiger partial charge in [-0.3, -0.25) is 15.2 Å². The van der Waals surface area contributed by atoms with Gasteiger partial charge in [-0.15, -0.1) is 5.10 Å². The number of nitrogens with zero attached hydrogens (tertiary/aromatic N) is 3. The van der Waals surface area contributed by atoms with Gasteiger partial charge in [0.05, 0.1) is 5.02 Å². The Labute approximate surface area is 142 Å². The molecule has 0 saturated carbocycles. The maximum Gasteiger partial charge on any atom is 0.249 e. The van der Waals surface area contributed by atoms with Crippen LogP contribution in [0.15, 0.2) is 42.7 Å². The van der Waals surface area contributed by atoms with Crippen LogP contribution in [0, 0.1) is 5.82 Å². The van der Waals surface area contributed by atoms with Gasteiger partial charge in [0.25, 0.3) is 0 Å². The number of aryl methyl sites for hydroxylation is 1. The average Bonchev–Trinajstić information content (AvgIpc) is 3.22. The van der Waals surface area contributed by atoms with Gasteiger partial charge in [-0.05, 0) is 36.8 Å². The van der Waals surface area contributed by atoms with Crippen LogP contribution in [-0.2, 0) is 11.3 Å². The molecule has 3 rings (SSSR count). The monoisotopic (exact) mass is 347 g/mol. The van der Waals surface area contributed by atoms with E-state index in [1.54, 1.807) is 0 Å². The van der Waals surface area contributed by atoms with E-state index in [0.717, 1.165) is 6.54 Å². The van der Waals surface area contributed by atoms with Crippen LogP contribution in [0.1, 0.15) is 12.8 Å². The Bertz CT molecular complexity index is 831. The summed E-state index contributed by atoms with van der Waals surface area (Å²) in [5.41, 5.74) is 0.585. The topological polar surface area (TPSA) is 75.6 Å². The van der Waals surface area contributed by atoms with Crippen molar-refractivity contribution in [1.29, 1.82) is 0 Å². The van der Waals surface area contributed by atoms with Gasteiger partial charge < -0.3 is 4.57 Å². The Morgan fingerprint density at radius 1 is 1.33 bits per heavy atom. The zero-order valence-corrected chi connectivity index (χ0v) is 13.4. The third-order valence-electron chi connectivity index (χ3n) is 3.42. The summed E-state index contributed by atoms with van der Waals surface area (Å²) in [7, 11) is 0. The molecule has 6 nitrogen and oxygen atoms in total. The van der Waals surface area contributed by atoms with Crippen molar-refractivity contribution in [2.75, 3.05) is 5.32 Å². The SMILES string of the molecule is O=C(CCCn1cccc1)Nc1n[nH]c(-c2ccc(F)c(Cl)c2)n1. The highest BCUT2D eigenvalue weighted by molar-refractivity contribution is 6.31. The first-order chi connectivity index (χ1) is 11.6. The Kier molecular flexibility index (Phi) is 4.90. The minimum absolute atomic E-state index is 0.000465. The van der Waals surface area contributed by atoms with Crippen LogP contribution in [-0.4, -0.2) is 25.7 Å². The van der Waals surface area contributed by atoms with E-state index in [4.69, 9.17) is 11.6 Å². The van der Waals surface area contributed by atoms with Gasteiger partial charge in [-0.2, -0.15) is 4.98 Å². The van der Waals surface area contributed by atoms with E-state index in [-0.39, 0.29) is 16.9 Å². The van der Waals surface area contributed by atoms with Gasteiger partial charge in [0.2, 0.25) is 11.9 Å². The number of carbonyl (C=O) groups is 1. The molecule has 24 heavy (non-hydrogen) atoms. The number of aromatic nitrogens is 4. The zero-order chi connectivity index (χ0) is 16.9. The molecule has 0 bridgehead atoms. The molecule has 0 aliphatic carbocycles. The quantitative estimate of drug-likeness (QED) is 0.716. The largest absolute Gasteiger partial charge is 0.354 e. The predicted octanol–water partition coefficient (Wildman–Crippen LogP) is 3.48. The standard InChI is InChI=1S/C16H15ClFN5O/c17-12-10-11(5-6-13(12)18)15-20-16(22-21-15)19-14(24)4-3-9-23-7-1-2-8-23/h1-2,5-8,10H,3-4,9H2,(H2,19,20,21,22,24). The van der Waals surface area contributed by atoms with Gasteiger partial charge in [0.15, 0.2) is 5.82 Å². The minimum atomic E-state index is -0.504. The third-order valence-corrected chi connectivity index (χ3v) is 3.71. The fourth-order valence-electron chi connectivity index (χ4n) is 2.22. The van der Waals surface area contributed by atoms with Crippen molar-refractivity contribution in [2.45, 2.75) is 19.4 Å². The van der Waals surface area contributed by atoms with Crippen LogP contribution in [0.4, 0.5) is 10.3 Å². The lowest BCUT2D eigenvalue weighted by molar-refractivity contribution is -0.116. The highest BCUT2D eigenvalue weighted by atomic mass is 35.5.